The summed E-state index contributed by atoms with van der Waals surface area (Å²) >= 11 is 0. The zero-order valence-electron chi connectivity index (χ0n) is 39.2. The van der Waals surface area contributed by atoms with Crippen molar-refractivity contribution in [2.24, 2.45) is 0 Å². The van der Waals surface area contributed by atoms with Crippen molar-refractivity contribution in [2.45, 2.75) is 38.5 Å². The van der Waals surface area contributed by atoms with Crippen molar-refractivity contribution >= 4 is 22.3 Å². The highest BCUT2D eigenvalue weighted by molar-refractivity contribution is 5.99. The van der Waals surface area contributed by atoms with Gasteiger partial charge in [-0.15, -0.1) is 0 Å². The van der Waals surface area contributed by atoms with Crippen LogP contribution in [-0.2, 0) is 0 Å². The Hall–Kier alpha value is -8.87. The fourth-order valence-corrected chi connectivity index (χ4v) is 10.4. The lowest BCUT2D eigenvalue weighted by molar-refractivity contribution is 0.485. The monoisotopic (exact) mass is 915 g/mol. The predicted molar refractivity (Wildman–Crippen MR) is 289 cm³/mol. The first-order valence-corrected chi connectivity index (χ1v) is 24.5. The number of pyridine rings is 3. The summed E-state index contributed by atoms with van der Waals surface area (Å²) in [4.78, 5) is 23.1. The van der Waals surface area contributed by atoms with Gasteiger partial charge in [0, 0.05) is 58.8 Å². The molecule has 0 radical (unpaired) electrons. The molecule has 4 aromatic heterocycles. The summed E-state index contributed by atoms with van der Waals surface area (Å²) in [7, 11) is 0. The highest BCUT2D eigenvalue weighted by atomic mass is 16.5. The summed E-state index contributed by atoms with van der Waals surface area (Å²) in [5.41, 5.74) is 22.1. The van der Waals surface area contributed by atoms with Gasteiger partial charge in [0.05, 0.1) is 17.1 Å². The lowest BCUT2D eigenvalue weighted by Gasteiger charge is -2.19. The minimum Gasteiger partial charge on any atom is -0.457 e. The van der Waals surface area contributed by atoms with E-state index in [9.17, 15) is 0 Å². The number of allylic oxidation sites excluding steroid dienone is 4. The van der Waals surface area contributed by atoms with E-state index in [0.717, 1.165) is 94.6 Å². The van der Waals surface area contributed by atoms with E-state index < -0.39 is 0 Å². The Morgan fingerprint density at radius 1 is 0.282 bits per heavy atom. The van der Waals surface area contributed by atoms with E-state index >= 15 is 0 Å². The highest BCUT2D eigenvalue weighted by Crippen LogP contribution is 2.47. The maximum Gasteiger partial charge on any atom is 0.159 e. The molecule has 2 aliphatic rings. The molecule has 0 atom stereocenters. The SMILES string of the molecule is c1ccc(-c2ccc(C3=C(c4cc(C5=C(c6ccc(-c7ccccn7)cc6)CCC5)cc(-c5ccccc5-c5ccc(-c6ncccn6)cc5Oc5cccc(-c6ccccn6)c5)c4)CCC3)cc2)nc1. The van der Waals surface area contributed by atoms with E-state index in [1.165, 1.54) is 50.1 Å². The number of hydrogen-bond acceptors (Lipinski definition) is 6. The Morgan fingerprint density at radius 2 is 0.746 bits per heavy atom. The Kier molecular flexibility index (Phi) is 12.0. The quantitative estimate of drug-likeness (QED) is 0.122. The molecule has 4 heterocycles. The average Bonchev–Trinajstić information content (AvgIpc) is 4.16. The first kappa shape index (κ1) is 43.4. The molecule has 0 bridgehead atoms. The molecule has 0 saturated carbocycles. The molecular weight excluding hydrogens is 867 g/mol. The molecule has 0 amide bonds. The van der Waals surface area contributed by atoms with Gasteiger partial charge in [-0.05, 0) is 185 Å². The summed E-state index contributed by atoms with van der Waals surface area (Å²) in [5, 5.41) is 0. The Balaban J connectivity index is 1.00. The van der Waals surface area contributed by atoms with Crippen LogP contribution in [0.5, 0.6) is 11.5 Å². The molecular formula is C65H49N5O. The van der Waals surface area contributed by atoms with Gasteiger partial charge in [0.15, 0.2) is 5.82 Å². The zero-order valence-corrected chi connectivity index (χ0v) is 39.2. The van der Waals surface area contributed by atoms with Gasteiger partial charge in [-0.25, -0.2) is 9.97 Å². The van der Waals surface area contributed by atoms with Crippen LogP contribution in [0.2, 0.25) is 0 Å². The third-order valence-electron chi connectivity index (χ3n) is 13.8. The van der Waals surface area contributed by atoms with Gasteiger partial charge in [-0.2, -0.15) is 0 Å². The normalized spacial score (nSPS) is 13.5. The van der Waals surface area contributed by atoms with E-state index in [2.05, 4.69) is 158 Å². The minimum atomic E-state index is 0.635. The van der Waals surface area contributed by atoms with Crippen molar-refractivity contribution in [3.05, 3.63) is 247 Å². The van der Waals surface area contributed by atoms with Crippen LogP contribution in [0.15, 0.2) is 225 Å². The van der Waals surface area contributed by atoms with Crippen molar-refractivity contribution in [1.82, 2.24) is 24.9 Å². The highest BCUT2D eigenvalue weighted by Gasteiger charge is 2.24. The van der Waals surface area contributed by atoms with Crippen molar-refractivity contribution in [2.75, 3.05) is 0 Å². The fraction of sp³-hybridized carbons (Fsp3) is 0.0923. The second kappa shape index (κ2) is 19.6. The van der Waals surface area contributed by atoms with Crippen LogP contribution in [0, 0.1) is 0 Å². The number of aromatic nitrogens is 5. The van der Waals surface area contributed by atoms with Gasteiger partial charge in [-0.3, -0.25) is 15.0 Å². The molecule has 0 fully saturated rings. The Labute approximate surface area is 414 Å². The van der Waals surface area contributed by atoms with Gasteiger partial charge in [0.1, 0.15) is 11.5 Å². The largest absolute Gasteiger partial charge is 0.457 e. The second-order valence-electron chi connectivity index (χ2n) is 18.2. The predicted octanol–water partition coefficient (Wildman–Crippen LogP) is 16.6. The number of nitrogens with zero attached hydrogens (tertiary/aromatic N) is 5. The smallest absolute Gasteiger partial charge is 0.159 e. The Bertz CT molecular complexity index is 3440. The standard InChI is InChI=1S/C65H49N5O/c1-2-16-59(60-33-32-49(65-69-37-12-38-70-65)43-64(60)71-53-14-9-13-48(42-53)63-23-5-8-36-68-63)58(15-1)52-40-50(56-19-10-17-54(56)44-24-28-46(29-25-44)61-21-3-6-34-66-61)39-51(41-52)57-20-11-18-55(57)45-26-30-47(31-27-45)62-22-4-7-35-67-62/h1-9,12-16,21-43H,10-11,17-20H2. The lowest BCUT2D eigenvalue weighted by Crippen LogP contribution is -1.96. The molecule has 6 heteroatoms. The van der Waals surface area contributed by atoms with E-state index in [-0.39, 0.29) is 0 Å². The van der Waals surface area contributed by atoms with Gasteiger partial charge >= 0.3 is 0 Å². The fourth-order valence-electron chi connectivity index (χ4n) is 10.4. The van der Waals surface area contributed by atoms with Crippen molar-refractivity contribution in [3.63, 3.8) is 0 Å². The average molecular weight is 916 g/mol. The lowest BCUT2D eigenvalue weighted by atomic mass is 9.86. The number of hydrogen-bond donors (Lipinski definition) is 0. The Morgan fingerprint density at radius 3 is 1.30 bits per heavy atom. The molecule has 0 N–H and O–H groups in total. The summed E-state index contributed by atoms with van der Waals surface area (Å²) < 4.78 is 6.98. The minimum absolute atomic E-state index is 0.635. The van der Waals surface area contributed by atoms with Crippen molar-refractivity contribution < 1.29 is 4.74 Å². The first-order chi connectivity index (χ1) is 35.2. The zero-order chi connectivity index (χ0) is 47.3. The molecule has 0 saturated heterocycles. The van der Waals surface area contributed by atoms with Gasteiger partial charge in [0.2, 0.25) is 0 Å². The van der Waals surface area contributed by atoms with E-state index in [1.54, 1.807) is 12.4 Å². The van der Waals surface area contributed by atoms with E-state index in [4.69, 9.17) is 4.74 Å². The second-order valence-corrected chi connectivity index (χ2v) is 18.2. The van der Waals surface area contributed by atoms with Crippen LogP contribution in [0.4, 0.5) is 0 Å². The van der Waals surface area contributed by atoms with Gasteiger partial charge in [-0.1, -0.05) is 109 Å². The number of ether oxygens (including phenoxy) is 1. The van der Waals surface area contributed by atoms with Crippen LogP contribution >= 0.6 is 0 Å². The van der Waals surface area contributed by atoms with Crippen LogP contribution in [0.1, 0.15) is 60.8 Å². The van der Waals surface area contributed by atoms with Crippen LogP contribution in [-0.4, -0.2) is 24.9 Å². The summed E-state index contributed by atoms with van der Waals surface area (Å²) in [5.74, 6) is 2.06. The van der Waals surface area contributed by atoms with E-state index in [0.29, 0.717) is 17.3 Å². The molecule has 6 aromatic carbocycles. The number of benzene rings is 6. The third kappa shape index (κ3) is 9.11. The number of rotatable bonds is 12. The molecule has 0 unspecified atom stereocenters. The molecule has 340 valence electrons. The van der Waals surface area contributed by atoms with E-state index in [1.807, 2.05) is 79.3 Å². The third-order valence-corrected chi connectivity index (χ3v) is 13.8. The molecule has 12 rings (SSSR count). The molecule has 10 aromatic rings. The molecule has 0 aliphatic heterocycles. The first-order valence-electron chi connectivity index (χ1n) is 24.5. The maximum atomic E-state index is 6.98. The van der Waals surface area contributed by atoms with Crippen LogP contribution < -0.4 is 4.74 Å². The van der Waals surface area contributed by atoms with Crippen LogP contribution in [0.25, 0.3) is 89.7 Å². The molecule has 0 spiro atoms. The van der Waals surface area contributed by atoms with Crippen molar-refractivity contribution in [3.8, 4) is 78.9 Å². The molecule has 71 heavy (non-hydrogen) atoms. The van der Waals surface area contributed by atoms with Crippen LogP contribution in [0.3, 0.4) is 0 Å². The van der Waals surface area contributed by atoms with Crippen molar-refractivity contribution in [1.29, 1.82) is 0 Å². The van der Waals surface area contributed by atoms with Gasteiger partial charge in [0.25, 0.3) is 0 Å². The molecule has 2 aliphatic carbocycles. The summed E-state index contributed by atoms with van der Waals surface area (Å²) in [6.07, 6.45) is 15.4. The van der Waals surface area contributed by atoms with Gasteiger partial charge < -0.3 is 4.74 Å². The molecule has 6 nitrogen and oxygen atoms in total. The summed E-state index contributed by atoms with van der Waals surface area (Å²) in [6.45, 7) is 0. The summed E-state index contributed by atoms with van der Waals surface area (Å²) in [6, 6.07) is 68.6. The maximum absolute atomic E-state index is 6.98. The topological polar surface area (TPSA) is 73.7 Å².